The number of fused-ring (bicyclic) bond motifs is 16. The van der Waals surface area contributed by atoms with E-state index in [1.54, 1.807) is 0 Å². The second kappa shape index (κ2) is 10.3. The first-order valence-corrected chi connectivity index (χ1v) is 19.5. The van der Waals surface area contributed by atoms with Gasteiger partial charge in [-0.3, -0.25) is 0 Å². The molecule has 0 saturated heterocycles. The van der Waals surface area contributed by atoms with Gasteiger partial charge in [0.2, 0.25) is 0 Å². The Hall–Kier alpha value is -6.12. The molecule has 7 aromatic carbocycles. The fraction of sp³-hybridized carbons (Fsp3) is 0.154. The third kappa shape index (κ3) is 3.66. The van der Waals surface area contributed by atoms with Crippen LogP contribution in [-0.2, 0) is 17.3 Å². The molecule has 2 heteroatoms. The molecule has 0 radical (unpaired) electrons. The first-order valence-electron chi connectivity index (χ1n) is 19.5. The third-order valence-electron chi connectivity index (χ3n) is 13.3. The lowest BCUT2D eigenvalue weighted by atomic mass is 9.71. The zero-order chi connectivity index (χ0) is 36.1. The average molecular weight is 693 g/mol. The van der Waals surface area contributed by atoms with Gasteiger partial charge in [-0.2, -0.15) is 0 Å². The minimum absolute atomic E-state index is 0.206. The lowest BCUT2D eigenvalue weighted by molar-refractivity contribution is 0.601. The number of rotatable bonds is 2. The minimum atomic E-state index is -0.212. The van der Waals surface area contributed by atoms with Crippen molar-refractivity contribution in [3.05, 3.63) is 173 Å². The van der Waals surface area contributed by atoms with Gasteiger partial charge in [0.25, 0.3) is 0 Å². The van der Waals surface area contributed by atoms with E-state index in [-0.39, 0.29) is 10.8 Å². The van der Waals surface area contributed by atoms with E-state index in [0.29, 0.717) is 0 Å². The van der Waals surface area contributed by atoms with Crippen LogP contribution in [0.5, 0.6) is 0 Å². The zero-order valence-corrected chi connectivity index (χ0v) is 31.2. The summed E-state index contributed by atoms with van der Waals surface area (Å²) < 4.78 is 4.98. The predicted molar refractivity (Wildman–Crippen MR) is 228 cm³/mol. The summed E-state index contributed by atoms with van der Waals surface area (Å²) in [6.45, 7) is 9.89. The molecule has 0 spiro atoms. The van der Waals surface area contributed by atoms with Gasteiger partial charge >= 0.3 is 0 Å². The molecule has 2 nitrogen and oxygen atoms in total. The molecular weight excluding hydrogens is 653 g/mol. The highest BCUT2D eigenvalue weighted by atomic mass is 15.0. The Kier molecular flexibility index (Phi) is 5.79. The van der Waals surface area contributed by atoms with Crippen molar-refractivity contribution in [1.82, 2.24) is 9.13 Å². The number of hydrogen-bond donors (Lipinski definition) is 0. The SMILES string of the molecule is CC1(C)c2cc(-n3c4c(c5ccccc53)CCC=C4)ccc2-c2c1c1c(c3ccccc23)-c2ccc(-n3c4ccccc4c4ccccc43)cc2C1(C)C. The first kappa shape index (κ1) is 30.4. The number of benzene rings is 7. The van der Waals surface area contributed by atoms with Gasteiger partial charge in [0, 0.05) is 44.1 Å². The van der Waals surface area contributed by atoms with Crippen molar-refractivity contribution >= 4 is 49.6 Å². The maximum Gasteiger partial charge on any atom is 0.0541 e. The molecule has 0 unspecified atom stereocenters. The second-order valence-electron chi connectivity index (χ2n) is 16.8. The van der Waals surface area contributed by atoms with Gasteiger partial charge in [-0.25, -0.2) is 0 Å². The molecule has 12 rings (SSSR count). The third-order valence-corrected chi connectivity index (χ3v) is 13.3. The average Bonchev–Trinajstić information content (AvgIpc) is 3.86. The number of nitrogens with zero attached hydrogens (tertiary/aromatic N) is 2. The van der Waals surface area contributed by atoms with Crippen LogP contribution in [0, 0.1) is 0 Å². The number of hydrogen-bond acceptors (Lipinski definition) is 0. The first-order chi connectivity index (χ1) is 26.3. The van der Waals surface area contributed by atoms with E-state index < -0.39 is 0 Å². The zero-order valence-electron chi connectivity index (χ0n) is 31.2. The molecule has 0 saturated carbocycles. The molecule has 9 aromatic rings. The van der Waals surface area contributed by atoms with E-state index in [9.17, 15) is 0 Å². The minimum Gasteiger partial charge on any atom is -0.310 e. The normalized spacial score (nSPS) is 15.9. The van der Waals surface area contributed by atoms with Crippen molar-refractivity contribution in [2.45, 2.75) is 51.4 Å². The van der Waals surface area contributed by atoms with Crippen LogP contribution in [0.15, 0.2) is 140 Å². The number of aryl methyl sites for hydroxylation is 1. The molecule has 2 aromatic heterocycles. The van der Waals surface area contributed by atoms with Gasteiger partial charge in [-0.15, -0.1) is 0 Å². The Bertz CT molecular complexity index is 3100. The Morgan fingerprint density at radius 2 is 0.907 bits per heavy atom. The van der Waals surface area contributed by atoms with Gasteiger partial charge in [-0.05, 0) is 122 Å². The van der Waals surface area contributed by atoms with Crippen LogP contribution in [-0.4, -0.2) is 9.13 Å². The summed E-state index contributed by atoms with van der Waals surface area (Å²) >= 11 is 0. The Balaban J connectivity index is 1.10. The van der Waals surface area contributed by atoms with E-state index in [1.807, 2.05) is 0 Å². The fourth-order valence-electron chi connectivity index (χ4n) is 11.0. The standard InChI is InChI=1S/C52H40N2/c1-51(2)41-29-31(53-43-21-11-7-15-33(43)34-16-8-12-22-44(34)53)25-27-39(41)47-37-19-5-6-20-38(37)48-40-28-26-32(30-42(40)52(3,4)50(48)49(47)51)54-45-23-13-9-17-35(45)36-18-10-14-24-46(36)54/h5-9,11-17,19-30H,10,18H2,1-4H3. The van der Waals surface area contributed by atoms with Crippen molar-refractivity contribution in [3.63, 3.8) is 0 Å². The van der Waals surface area contributed by atoms with Crippen molar-refractivity contribution in [3.8, 4) is 33.6 Å². The van der Waals surface area contributed by atoms with E-state index in [0.717, 1.165) is 12.8 Å². The molecule has 258 valence electrons. The molecule has 3 aliphatic carbocycles. The summed E-state index contributed by atoms with van der Waals surface area (Å²) in [7, 11) is 0. The van der Waals surface area contributed by atoms with Crippen molar-refractivity contribution in [2.75, 3.05) is 0 Å². The van der Waals surface area contributed by atoms with Crippen LogP contribution in [0.4, 0.5) is 0 Å². The molecule has 3 aliphatic rings. The van der Waals surface area contributed by atoms with Crippen LogP contribution in [0.2, 0.25) is 0 Å². The Labute approximate surface area is 315 Å². The van der Waals surface area contributed by atoms with Gasteiger partial charge in [0.05, 0.1) is 16.6 Å². The number of para-hydroxylation sites is 3. The maximum absolute atomic E-state index is 2.52. The van der Waals surface area contributed by atoms with Crippen LogP contribution in [0.1, 0.15) is 67.6 Å². The van der Waals surface area contributed by atoms with Crippen molar-refractivity contribution in [2.24, 2.45) is 0 Å². The van der Waals surface area contributed by atoms with Crippen LogP contribution >= 0.6 is 0 Å². The van der Waals surface area contributed by atoms with Crippen molar-refractivity contribution < 1.29 is 0 Å². The van der Waals surface area contributed by atoms with E-state index in [2.05, 4.69) is 182 Å². The van der Waals surface area contributed by atoms with Crippen molar-refractivity contribution in [1.29, 1.82) is 0 Å². The van der Waals surface area contributed by atoms with E-state index in [1.165, 1.54) is 111 Å². The summed E-state index contributed by atoms with van der Waals surface area (Å²) in [5.74, 6) is 0. The molecule has 54 heavy (non-hydrogen) atoms. The Morgan fingerprint density at radius 3 is 1.44 bits per heavy atom. The number of aromatic nitrogens is 2. The topological polar surface area (TPSA) is 9.86 Å². The highest BCUT2D eigenvalue weighted by Gasteiger charge is 2.47. The molecular formula is C52H40N2. The second-order valence-corrected chi connectivity index (χ2v) is 16.8. The lowest BCUT2D eigenvalue weighted by Crippen LogP contribution is -2.24. The molecule has 0 bridgehead atoms. The van der Waals surface area contributed by atoms with Gasteiger partial charge in [0.15, 0.2) is 0 Å². The smallest absolute Gasteiger partial charge is 0.0541 e. The summed E-state index contributed by atoms with van der Waals surface area (Å²) in [6, 6.07) is 50.4. The Morgan fingerprint density at radius 1 is 0.463 bits per heavy atom. The van der Waals surface area contributed by atoms with E-state index >= 15 is 0 Å². The molecule has 2 heterocycles. The summed E-state index contributed by atoms with van der Waals surface area (Å²) in [5, 5.41) is 6.67. The van der Waals surface area contributed by atoms with Gasteiger partial charge in [0.1, 0.15) is 0 Å². The summed E-state index contributed by atoms with van der Waals surface area (Å²) in [5.41, 5.74) is 20.0. The molecule has 0 N–H and O–H groups in total. The largest absolute Gasteiger partial charge is 0.310 e. The van der Waals surface area contributed by atoms with Gasteiger partial charge in [-0.1, -0.05) is 125 Å². The maximum atomic E-state index is 2.52. The quantitative estimate of drug-likeness (QED) is 0.171. The monoisotopic (exact) mass is 692 g/mol. The number of allylic oxidation sites excluding steroid dienone is 1. The summed E-state index contributed by atoms with van der Waals surface area (Å²) in [4.78, 5) is 0. The highest BCUT2D eigenvalue weighted by molar-refractivity contribution is 6.13. The van der Waals surface area contributed by atoms with Crippen LogP contribution < -0.4 is 0 Å². The van der Waals surface area contributed by atoms with Crippen LogP contribution in [0.3, 0.4) is 0 Å². The lowest BCUT2D eigenvalue weighted by Gasteiger charge is -2.31. The van der Waals surface area contributed by atoms with Crippen LogP contribution in [0.25, 0.3) is 83.2 Å². The highest BCUT2D eigenvalue weighted by Crippen LogP contribution is 2.62. The molecule has 0 atom stereocenters. The predicted octanol–water partition coefficient (Wildman–Crippen LogP) is 13.5. The molecule has 0 fully saturated rings. The summed E-state index contributed by atoms with van der Waals surface area (Å²) in [6.07, 6.45) is 6.88. The molecule has 0 amide bonds. The fourth-order valence-corrected chi connectivity index (χ4v) is 11.0. The van der Waals surface area contributed by atoms with Gasteiger partial charge < -0.3 is 9.13 Å². The molecule has 0 aliphatic heterocycles. The van der Waals surface area contributed by atoms with E-state index in [4.69, 9.17) is 0 Å².